The lowest BCUT2D eigenvalue weighted by Gasteiger charge is -2.11. The van der Waals surface area contributed by atoms with Gasteiger partial charge in [0.2, 0.25) is 0 Å². The van der Waals surface area contributed by atoms with Gasteiger partial charge in [0.05, 0.1) is 18.1 Å². The van der Waals surface area contributed by atoms with Crippen LogP contribution in [-0.2, 0) is 6.61 Å². The molecule has 0 radical (unpaired) electrons. The minimum absolute atomic E-state index is 0.0101. The third-order valence-corrected chi connectivity index (χ3v) is 2.91. The highest BCUT2D eigenvalue weighted by Crippen LogP contribution is 2.32. The van der Waals surface area contributed by atoms with Gasteiger partial charge in [-0.25, -0.2) is 0 Å². The molecule has 0 saturated heterocycles. The van der Waals surface area contributed by atoms with Crippen LogP contribution in [0.5, 0.6) is 17.2 Å². The molecule has 0 aromatic heterocycles. The second-order valence-electron chi connectivity index (χ2n) is 4.57. The third kappa shape index (κ3) is 4.77. The number of ether oxygens (including phenoxy) is 3. The molecule has 6 nitrogen and oxygen atoms in total. The Hall–Kier alpha value is -2.97. The van der Waals surface area contributed by atoms with Gasteiger partial charge in [0.15, 0.2) is 11.5 Å². The largest absolute Gasteiger partial charge is 0.573 e. The third-order valence-electron chi connectivity index (χ3n) is 2.91. The van der Waals surface area contributed by atoms with Gasteiger partial charge in [-0.3, -0.25) is 10.1 Å². The van der Waals surface area contributed by atoms with Crippen molar-refractivity contribution in [2.24, 2.45) is 0 Å². The molecule has 9 heteroatoms. The molecule has 2 rings (SSSR count). The zero-order valence-corrected chi connectivity index (χ0v) is 12.4. The van der Waals surface area contributed by atoms with E-state index >= 15 is 0 Å². The Morgan fingerprint density at radius 1 is 1.08 bits per heavy atom. The van der Waals surface area contributed by atoms with Crippen LogP contribution in [0.15, 0.2) is 42.5 Å². The molecule has 0 aliphatic rings. The summed E-state index contributed by atoms with van der Waals surface area (Å²) in [4.78, 5) is 10.2. The lowest BCUT2D eigenvalue weighted by molar-refractivity contribution is -0.385. The van der Waals surface area contributed by atoms with E-state index in [9.17, 15) is 23.3 Å². The molecule has 0 amide bonds. The maximum atomic E-state index is 12.1. The number of nitro groups is 1. The van der Waals surface area contributed by atoms with Crippen molar-refractivity contribution in [3.05, 3.63) is 58.1 Å². The standard InChI is InChI=1S/C15H12F3NO5/c1-22-13-7-4-11(19(20)21)8-14(13)23-9-10-2-5-12(6-3-10)24-15(16,17)18/h2-8H,9H2,1H3. The SMILES string of the molecule is COc1ccc([N+](=O)[O-])cc1OCc1ccc(OC(F)(F)F)cc1. The first-order chi connectivity index (χ1) is 11.3. The first kappa shape index (κ1) is 17.4. The van der Waals surface area contributed by atoms with Crippen LogP contribution in [0.2, 0.25) is 0 Å². The molecule has 2 aromatic rings. The summed E-state index contributed by atoms with van der Waals surface area (Å²) in [5, 5.41) is 10.8. The van der Waals surface area contributed by atoms with E-state index in [-0.39, 0.29) is 23.8 Å². The van der Waals surface area contributed by atoms with Crippen molar-refractivity contribution >= 4 is 5.69 Å². The summed E-state index contributed by atoms with van der Waals surface area (Å²) in [5.41, 5.74) is 0.387. The van der Waals surface area contributed by atoms with E-state index in [0.29, 0.717) is 11.3 Å². The molecule has 0 spiro atoms. The van der Waals surface area contributed by atoms with E-state index in [1.54, 1.807) is 0 Å². The number of hydrogen-bond acceptors (Lipinski definition) is 5. The van der Waals surface area contributed by atoms with E-state index in [1.807, 2.05) is 0 Å². The smallest absolute Gasteiger partial charge is 0.493 e. The van der Waals surface area contributed by atoms with Crippen LogP contribution in [0.3, 0.4) is 0 Å². The monoisotopic (exact) mass is 343 g/mol. The minimum Gasteiger partial charge on any atom is -0.493 e. The van der Waals surface area contributed by atoms with Crippen molar-refractivity contribution in [2.45, 2.75) is 13.0 Å². The van der Waals surface area contributed by atoms with Crippen LogP contribution in [0.4, 0.5) is 18.9 Å². The minimum atomic E-state index is -4.76. The maximum Gasteiger partial charge on any atom is 0.573 e. The van der Waals surface area contributed by atoms with Crippen molar-refractivity contribution in [1.82, 2.24) is 0 Å². The second-order valence-corrected chi connectivity index (χ2v) is 4.57. The molecule has 2 aromatic carbocycles. The quantitative estimate of drug-likeness (QED) is 0.584. The number of nitro benzene ring substituents is 1. The Balaban J connectivity index is 2.07. The van der Waals surface area contributed by atoms with Gasteiger partial charge in [-0.1, -0.05) is 12.1 Å². The van der Waals surface area contributed by atoms with Crippen LogP contribution in [0.25, 0.3) is 0 Å². The lowest BCUT2D eigenvalue weighted by Crippen LogP contribution is -2.17. The van der Waals surface area contributed by atoms with E-state index in [4.69, 9.17) is 9.47 Å². The summed E-state index contributed by atoms with van der Waals surface area (Å²) in [7, 11) is 1.39. The van der Waals surface area contributed by atoms with E-state index < -0.39 is 11.3 Å². The molecular weight excluding hydrogens is 331 g/mol. The number of benzene rings is 2. The molecule has 0 atom stereocenters. The number of nitrogens with zero attached hydrogens (tertiary/aromatic N) is 1. The second kappa shape index (κ2) is 7.07. The molecular formula is C15H12F3NO5. The predicted octanol–water partition coefficient (Wildman–Crippen LogP) is 4.08. The van der Waals surface area contributed by atoms with Crippen molar-refractivity contribution in [1.29, 1.82) is 0 Å². The summed E-state index contributed by atoms with van der Waals surface area (Å²) >= 11 is 0. The highest BCUT2D eigenvalue weighted by Gasteiger charge is 2.30. The zero-order chi connectivity index (χ0) is 17.7. The van der Waals surface area contributed by atoms with Crippen LogP contribution in [0, 0.1) is 10.1 Å². The Kier molecular flexibility index (Phi) is 5.12. The summed E-state index contributed by atoms with van der Waals surface area (Å²) in [6, 6.07) is 8.96. The Bertz CT molecular complexity index is 716. The first-order valence-corrected chi connectivity index (χ1v) is 6.58. The Morgan fingerprint density at radius 2 is 1.75 bits per heavy atom. The van der Waals surface area contributed by atoms with E-state index in [0.717, 1.165) is 12.1 Å². The molecule has 0 aliphatic heterocycles. The van der Waals surface area contributed by atoms with Crippen molar-refractivity contribution in [2.75, 3.05) is 7.11 Å². The van der Waals surface area contributed by atoms with Gasteiger partial charge in [0.1, 0.15) is 12.4 Å². The van der Waals surface area contributed by atoms with Crippen LogP contribution < -0.4 is 14.2 Å². The van der Waals surface area contributed by atoms with Gasteiger partial charge < -0.3 is 14.2 Å². The molecule has 0 bridgehead atoms. The number of methoxy groups -OCH3 is 1. The summed E-state index contributed by atoms with van der Waals surface area (Å²) in [5.74, 6) is 0.110. The molecule has 0 fully saturated rings. The van der Waals surface area contributed by atoms with Gasteiger partial charge in [-0.2, -0.15) is 0 Å². The molecule has 0 heterocycles. The molecule has 0 unspecified atom stereocenters. The highest BCUT2D eigenvalue weighted by molar-refractivity contribution is 5.48. The maximum absolute atomic E-state index is 12.1. The van der Waals surface area contributed by atoms with E-state index in [1.165, 1.54) is 37.4 Å². The summed E-state index contributed by atoms with van der Waals surface area (Å²) < 4.78 is 50.5. The zero-order valence-electron chi connectivity index (χ0n) is 12.4. The van der Waals surface area contributed by atoms with E-state index in [2.05, 4.69) is 4.74 Å². The number of halogens is 3. The Morgan fingerprint density at radius 3 is 2.29 bits per heavy atom. The van der Waals surface area contributed by atoms with Gasteiger partial charge in [0.25, 0.3) is 5.69 Å². The fourth-order valence-electron chi connectivity index (χ4n) is 1.84. The van der Waals surface area contributed by atoms with Gasteiger partial charge in [0, 0.05) is 6.07 Å². The fraction of sp³-hybridized carbons (Fsp3) is 0.200. The van der Waals surface area contributed by atoms with Crippen LogP contribution in [-0.4, -0.2) is 18.4 Å². The normalized spacial score (nSPS) is 11.0. The summed E-state index contributed by atoms with van der Waals surface area (Å²) in [6.07, 6.45) is -4.76. The average molecular weight is 343 g/mol. The number of non-ortho nitro benzene ring substituents is 1. The van der Waals surface area contributed by atoms with Gasteiger partial charge >= 0.3 is 6.36 Å². The Labute approximate surface area is 134 Å². The molecule has 0 N–H and O–H groups in total. The molecule has 24 heavy (non-hydrogen) atoms. The molecule has 128 valence electrons. The topological polar surface area (TPSA) is 70.8 Å². The lowest BCUT2D eigenvalue weighted by atomic mass is 10.2. The number of rotatable bonds is 6. The predicted molar refractivity (Wildman–Crippen MR) is 77.1 cm³/mol. The van der Waals surface area contributed by atoms with Crippen LogP contribution >= 0.6 is 0 Å². The molecule has 0 saturated carbocycles. The van der Waals surface area contributed by atoms with Crippen molar-refractivity contribution in [3.8, 4) is 17.2 Å². The summed E-state index contributed by atoms with van der Waals surface area (Å²) in [6.45, 7) is -0.0101. The van der Waals surface area contributed by atoms with Crippen LogP contribution in [0.1, 0.15) is 5.56 Å². The first-order valence-electron chi connectivity index (χ1n) is 6.58. The van der Waals surface area contributed by atoms with Crippen molar-refractivity contribution < 1.29 is 32.3 Å². The average Bonchev–Trinajstić information content (AvgIpc) is 2.52. The van der Waals surface area contributed by atoms with Gasteiger partial charge in [-0.05, 0) is 23.8 Å². The number of alkyl halides is 3. The van der Waals surface area contributed by atoms with Crippen molar-refractivity contribution in [3.63, 3.8) is 0 Å². The van der Waals surface area contributed by atoms with Gasteiger partial charge in [-0.15, -0.1) is 13.2 Å². The molecule has 0 aliphatic carbocycles. The fourth-order valence-corrected chi connectivity index (χ4v) is 1.84. The number of hydrogen-bond donors (Lipinski definition) is 0. The highest BCUT2D eigenvalue weighted by atomic mass is 19.4.